The van der Waals surface area contributed by atoms with E-state index in [0.29, 0.717) is 47.5 Å². The highest BCUT2D eigenvalue weighted by molar-refractivity contribution is 5.98. The van der Waals surface area contributed by atoms with Crippen LogP contribution in [0, 0.1) is 11.8 Å². The number of ether oxygens (including phenoxy) is 6. The summed E-state index contributed by atoms with van der Waals surface area (Å²) in [7, 11) is 0. The molecular formula is C43H60O10. The molecule has 0 amide bonds. The lowest BCUT2D eigenvalue weighted by Crippen LogP contribution is -2.30. The molecule has 0 saturated heterocycles. The molecule has 0 aromatic heterocycles. The van der Waals surface area contributed by atoms with Crippen molar-refractivity contribution >= 4 is 28.7 Å². The number of hydrogen-bond donors (Lipinski definition) is 1. The number of esters is 2. The van der Waals surface area contributed by atoms with E-state index in [1.807, 2.05) is 24.3 Å². The highest BCUT2D eigenvalue weighted by atomic mass is 16.6. The third-order valence-corrected chi connectivity index (χ3v) is 9.75. The molecule has 1 aliphatic rings. The topological polar surface area (TPSA) is 127 Å². The van der Waals surface area contributed by atoms with Crippen molar-refractivity contribution < 1.29 is 47.9 Å². The molecule has 1 aliphatic carbocycles. The van der Waals surface area contributed by atoms with Crippen LogP contribution >= 0.6 is 0 Å². The van der Waals surface area contributed by atoms with Crippen molar-refractivity contribution in [1.29, 1.82) is 0 Å². The van der Waals surface area contributed by atoms with Crippen LogP contribution in [0.3, 0.4) is 0 Å². The zero-order valence-electron chi connectivity index (χ0n) is 32.2. The van der Waals surface area contributed by atoms with Gasteiger partial charge in [-0.15, -0.1) is 0 Å². The van der Waals surface area contributed by atoms with Crippen LogP contribution in [0.2, 0.25) is 0 Å². The maximum Gasteiger partial charge on any atom is 0.331 e. The molecule has 0 saturated carbocycles. The predicted octanol–water partition coefficient (Wildman–Crippen LogP) is 8.37. The molecule has 292 valence electrons. The van der Waals surface area contributed by atoms with Crippen LogP contribution in [0.25, 0.3) is 10.8 Å². The Balaban J connectivity index is 1.90. The maximum absolute atomic E-state index is 12.3. The highest BCUT2D eigenvalue weighted by Crippen LogP contribution is 2.44. The van der Waals surface area contributed by atoms with Crippen molar-refractivity contribution in [1.82, 2.24) is 0 Å². The summed E-state index contributed by atoms with van der Waals surface area (Å²) in [5.41, 5.74) is 1.66. The molecule has 0 fully saturated rings. The van der Waals surface area contributed by atoms with Crippen molar-refractivity contribution in [3.8, 4) is 11.5 Å². The van der Waals surface area contributed by atoms with Gasteiger partial charge < -0.3 is 33.5 Å². The van der Waals surface area contributed by atoms with Crippen molar-refractivity contribution in [3.05, 3.63) is 72.4 Å². The molecule has 4 unspecified atom stereocenters. The Kier molecular flexibility index (Phi) is 19.2. The Morgan fingerprint density at radius 2 is 1.19 bits per heavy atom. The third kappa shape index (κ3) is 13.6. The van der Waals surface area contributed by atoms with Crippen LogP contribution < -0.4 is 9.47 Å². The number of hydrogen-bond acceptors (Lipinski definition) is 9. The Labute approximate surface area is 315 Å². The van der Waals surface area contributed by atoms with E-state index in [4.69, 9.17) is 28.4 Å². The number of carbonyl (C=O) groups excluding carboxylic acids is 2. The second-order valence-corrected chi connectivity index (χ2v) is 13.6. The van der Waals surface area contributed by atoms with Crippen LogP contribution in [0.4, 0.5) is 0 Å². The van der Waals surface area contributed by atoms with Gasteiger partial charge in [-0.2, -0.15) is 0 Å². The van der Waals surface area contributed by atoms with E-state index in [9.17, 15) is 19.5 Å². The molecule has 0 aliphatic heterocycles. The molecule has 0 bridgehead atoms. The molecule has 4 atom stereocenters. The summed E-state index contributed by atoms with van der Waals surface area (Å²) < 4.78 is 36.2. The normalized spacial score (nSPS) is 14.6. The van der Waals surface area contributed by atoms with Gasteiger partial charge in [-0.25, -0.2) is 14.4 Å². The summed E-state index contributed by atoms with van der Waals surface area (Å²) in [6, 6.07) is 7.55. The number of benzene rings is 2. The molecule has 3 rings (SSSR count). The van der Waals surface area contributed by atoms with Gasteiger partial charge in [0.25, 0.3) is 0 Å². The SMILES string of the molecule is C=CC(=O)OC(COCCC(CC)CCC)COc1c2c(c(OCC(COCCC(CC)CCC)OC(=O)C=C)c3ccccc13)CC(C(=O)O)=CC2. The fourth-order valence-electron chi connectivity index (χ4n) is 6.72. The summed E-state index contributed by atoms with van der Waals surface area (Å²) in [4.78, 5) is 36.8. The number of rotatable bonds is 27. The summed E-state index contributed by atoms with van der Waals surface area (Å²) in [6.07, 6.45) is 11.3. The molecule has 0 spiro atoms. The van der Waals surface area contributed by atoms with E-state index < -0.39 is 30.1 Å². The summed E-state index contributed by atoms with van der Waals surface area (Å²) in [6.45, 7) is 17.1. The summed E-state index contributed by atoms with van der Waals surface area (Å²) in [5.74, 6) is -0.00374. The van der Waals surface area contributed by atoms with Gasteiger partial charge in [0, 0.05) is 59.3 Å². The average molecular weight is 737 g/mol. The molecule has 1 N–H and O–H groups in total. The Morgan fingerprint density at radius 3 is 1.60 bits per heavy atom. The molecule has 10 heteroatoms. The lowest BCUT2D eigenvalue weighted by atomic mass is 9.87. The van der Waals surface area contributed by atoms with Gasteiger partial charge in [0.05, 0.1) is 13.2 Å². The fraction of sp³-hybridized carbons (Fsp3) is 0.558. The minimum atomic E-state index is -1.02. The Hall–Kier alpha value is -4.15. The highest BCUT2D eigenvalue weighted by Gasteiger charge is 2.28. The first-order valence-corrected chi connectivity index (χ1v) is 19.2. The van der Waals surface area contributed by atoms with Gasteiger partial charge in [0.2, 0.25) is 0 Å². The van der Waals surface area contributed by atoms with E-state index in [1.54, 1.807) is 6.08 Å². The van der Waals surface area contributed by atoms with E-state index in [0.717, 1.165) is 74.5 Å². The van der Waals surface area contributed by atoms with Gasteiger partial charge in [0.15, 0.2) is 12.2 Å². The number of allylic oxidation sites excluding steroid dienone is 1. The molecule has 2 aromatic carbocycles. The molecule has 53 heavy (non-hydrogen) atoms. The van der Waals surface area contributed by atoms with E-state index in [1.165, 1.54) is 0 Å². The van der Waals surface area contributed by atoms with Crippen molar-refractivity contribution in [2.24, 2.45) is 11.8 Å². The first-order chi connectivity index (χ1) is 25.7. The molecule has 10 nitrogen and oxygen atoms in total. The quantitative estimate of drug-likeness (QED) is 0.0543. The molecule has 0 heterocycles. The zero-order valence-corrected chi connectivity index (χ0v) is 32.2. The lowest BCUT2D eigenvalue weighted by molar-refractivity contribution is -0.148. The number of carbonyl (C=O) groups is 3. The monoisotopic (exact) mass is 736 g/mol. The first kappa shape index (κ1) is 43.3. The van der Waals surface area contributed by atoms with Crippen molar-refractivity contribution in [2.45, 2.75) is 104 Å². The van der Waals surface area contributed by atoms with Crippen molar-refractivity contribution in [3.63, 3.8) is 0 Å². The Morgan fingerprint density at radius 1 is 0.717 bits per heavy atom. The third-order valence-electron chi connectivity index (χ3n) is 9.75. The van der Waals surface area contributed by atoms with Gasteiger partial charge in [-0.05, 0) is 31.1 Å². The largest absolute Gasteiger partial charge is 0.489 e. The minimum Gasteiger partial charge on any atom is -0.489 e. The molecule has 0 radical (unpaired) electrons. The van der Waals surface area contributed by atoms with Gasteiger partial charge >= 0.3 is 17.9 Å². The van der Waals surface area contributed by atoms with Gasteiger partial charge in [-0.3, -0.25) is 0 Å². The average Bonchev–Trinajstić information content (AvgIpc) is 3.17. The molecular weight excluding hydrogens is 676 g/mol. The first-order valence-electron chi connectivity index (χ1n) is 19.2. The molecule has 2 aromatic rings. The number of aliphatic carboxylic acids is 1. The van der Waals surface area contributed by atoms with Crippen LogP contribution in [0.1, 0.15) is 90.2 Å². The summed E-state index contributed by atoms with van der Waals surface area (Å²) in [5, 5.41) is 11.4. The number of fused-ring (bicyclic) bond motifs is 2. The predicted molar refractivity (Wildman–Crippen MR) is 206 cm³/mol. The van der Waals surface area contributed by atoms with Gasteiger partial charge in [-0.1, -0.05) is 110 Å². The number of carboxylic acid groups (broad SMARTS) is 1. The fourth-order valence-corrected chi connectivity index (χ4v) is 6.72. The minimum absolute atomic E-state index is 0.00590. The number of carboxylic acids is 1. The Bertz CT molecular complexity index is 1530. The summed E-state index contributed by atoms with van der Waals surface area (Å²) >= 11 is 0. The maximum atomic E-state index is 12.3. The lowest BCUT2D eigenvalue weighted by Gasteiger charge is -2.27. The van der Waals surface area contributed by atoms with Gasteiger partial charge in [0.1, 0.15) is 24.7 Å². The second kappa shape index (κ2) is 23.5. The van der Waals surface area contributed by atoms with Crippen molar-refractivity contribution in [2.75, 3.05) is 39.6 Å². The van der Waals surface area contributed by atoms with Crippen LogP contribution in [0.5, 0.6) is 11.5 Å². The van der Waals surface area contributed by atoms with Crippen LogP contribution in [-0.2, 0) is 46.2 Å². The van der Waals surface area contributed by atoms with E-state index >= 15 is 0 Å². The van der Waals surface area contributed by atoms with Crippen LogP contribution in [0.15, 0.2) is 61.2 Å². The van der Waals surface area contributed by atoms with E-state index in [-0.39, 0.29) is 44.8 Å². The second-order valence-electron chi connectivity index (χ2n) is 13.6. The van der Waals surface area contributed by atoms with E-state index in [2.05, 4.69) is 40.9 Å². The standard InChI is InChI=1S/C43H60O10/c1-7-15-30(9-3)21-23-48-26-33(52-39(44)11-5)28-50-41-35-17-13-14-18-36(35)42(38-25-32(43(46)47)19-20-37(38)41)51-29-34(53-40(45)12-6)27-49-24-22-31(10-4)16-8-2/h11-14,17-19,30-31,33-34H,5-10,15-16,20-29H2,1-4H3,(H,46,47). The van der Waals surface area contributed by atoms with Crippen LogP contribution in [-0.4, -0.2) is 74.9 Å². The smallest absolute Gasteiger partial charge is 0.331 e. The zero-order chi connectivity index (χ0) is 38.6.